The lowest BCUT2D eigenvalue weighted by Gasteiger charge is -2.13. The Bertz CT molecular complexity index is 632. The zero-order valence-corrected chi connectivity index (χ0v) is 11.3. The van der Waals surface area contributed by atoms with Gasteiger partial charge in [-0.1, -0.05) is 5.16 Å². The van der Waals surface area contributed by atoms with E-state index >= 15 is 0 Å². The van der Waals surface area contributed by atoms with Crippen LogP contribution in [0.4, 0.5) is 5.82 Å². The fourth-order valence-corrected chi connectivity index (χ4v) is 1.50. The standard InChI is InChI=1S/C11H14N6O3/c1-6-4-8(16-20-6)13-9(18)5-17(3)11(19)10-12-7(2)14-15-10/h4H,5H2,1-3H3,(H,12,14,15)(H,13,16,18). The van der Waals surface area contributed by atoms with Crippen LogP contribution in [0.5, 0.6) is 0 Å². The number of aryl methyl sites for hydroxylation is 2. The highest BCUT2D eigenvalue weighted by molar-refractivity contribution is 5.97. The predicted octanol–water partition coefficient (Wildman–Crippen LogP) is 0.120. The van der Waals surface area contributed by atoms with Gasteiger partial charge in [0.2, 0.25) is 11.7 Å². The number of anilines is 1. The van der Waals surface area contributed by atoms with Crippen LogP contribution in [-0.2, 0) is 4.79 Å². The largest absolute Gasteiger partial charge is 0.360 e. The van der Waals surface area contributed by atoms with Crippen molar-refractivity contribution in [2.75, 3.05) is 18.9 Å². The van der Waals surface area contributed by atoms with Gasteiger partial charge >= 0.3 is 0 Å². The number of aromatic nitrogens is 4. The molecular formula is C11H14N6O3. The Morgan fingerprint density at radius 2 is 2.20 bits per heavy atom. The minimum absolute atomic E-state index is 0.0232. The van der Waals surface area contributed by atoms with E-state index in [1.807, 2.05) is 0 Å². The van der Waals surface area contributed by atoms with E-state index in [1.54, 1.807) is 19.9 Å². The first kappa shape index (κ1) is 13.7. The fraction of sp³-hybridized carbons (Fsp3) is 0.364. The van der Waals surface area contributed by atoms with Crippen LogP contribution in [0.25, 0.3) is 0 Å². The molecule has 0 aliphatic heterocycles. The van der Waals surface area contributed by atoms with E-state index < -0.39 is 5.91 Å². The van der Waals surface area contributed by atoms with E-state index in [0.29, 0.717) is 17.4 Å². The van der Waals surface area contributed by atoms with Gasteiger partial charge in [0.25, 0.3) is 5.91 Å². The minimum Gasteiger partial charge on any atom is -0.360 e. The van der Waals surface area contributed by atoms with Crippen LogP contribution >= 0.6 is 0 Å². The molecule has 0 saturated heterocycles. The number of nitrogens with one attached hydrogen (secondary N) is 2. The molecule has 0 unspecified atom stereocenters. The molecule has 0 aromatic carbocycles. The Morgan fingerprint density at radius 1 is 1.45 bits per heavy atom. The molecule has 2 heterocycles. The van der Waals surface area contributed by atoms with Gasteiger partial charge in [-0.25, -0.2) is 4.98 Å². The van der Waals surface area contributed by atoms with Gasteiger partial charge in [0, 0.05) is 13.1 Å². The number of aromatic amines is 1. The van der Waals surface area contributed by atoms with Crippen LogP contribution in [0, 0.1) is 13.8 Å². The Morgan fingerprint density at radius 3 is 2.75 bits per heavy atom. The number of hydrogen-bond acceptors (Lipinski definition) is 6. The van der Waals surface area contributed by atoms with Crippen LogP contribution in [0.3, 0.4) is 0 Å². The molecule has 0 radical (unpaired) electrons. The third-order valence-electron chi connectivity index (χ3n) is 2.41. The van der Waals surface area contributed by atoms with Crippen molar-refractivity contribution in [3.05, 3.63) is 23.5 Å². The van der Waals surface area contributed by atoms with Crippen molar-refractivity contribution in [1.29, 1.82) is 0 Å². The number of H-pyrrole nitrogens is 1. The average Bonchev–Trinajstić information content (AvgIpc) is 2.97. The Kier molecular flexibility index (Phi) is 3.78. The maximum absolute atomic E-state index is 11.9. The van der Waals surface area contributed by atoms with Crippen molar-refractivity contribution >= 4 is 17.6 Å². The third kappa shape index (κ3) is 3.19. The summed E-state index contributed by atoms with van der Waals surface area (Å²) < 4.78 is 4.82. The molecule has 9 nitrogen and oxygen atoms in total. The highest BCUT2D eigenvalue weighted by atomic mass is 16.5. The number of rotatable bonds is 4. The summed E-state index contributed by atoms with van der Waals surface area (Å²) in [7, 11) is 1.49. The average molecular weight is 278 g/mol. The van der Waals surface area contributed by atoms with Crippen LogP contribution in [0.2, 0.25) is 0 Å². The fourth-order valence-electron chi connectivity index (χ4n) is 1.50. The minimum atomic E-state index is -0.444. The summed E-state index contributed by atoms with van der Waals surface area (Å²) in [4.78, 5) is 28.8. The summed E-state index contributed by atoms with van der Waals surface area (Å²) in [5.41, 5.74) is 0. The molecule has 2 amide bonds. The van der Waals surface area contributed by atoms with Gasteiger partial charge in [-0.2, -0.15) is 0 Å². The van der Waals surface area contributed by atoms with Crippen LogP contribution in [0.1, 0.15) is 22.2 Å². The number of hydrogen-bond donors (Lipinski definition) is 2. The van der Waals surface area contributed by atoms with Crippen molar-refractivity contribution in [2.24, 2.45) is 0 Å². The van der Waals surface area contributed by atoms with Crippen LogP contribution < -0.4 is 5.32 Å². The zero-order valence-electron chi connectivity index (χ0n) is 11.3. The molecule has 0 fully saturated rings. The molecule has 2 aromatic rings. The topological polar surface area (TPSA) is 117 Å². The lowest BCUT2D eigenvalue weighted by molar-refractivity contribution is -0.116. The highest BCUT2D eigenvalue weighted by Gasteiger charge is 2.19. The molecule has 0 aliphatic carbocycles. The molecule has 2 rings (SSSR count). The predicted molar refractivity (Wildman–Crippen MR) is 67.9 cm³/mol. The van der Waals surface area contributed by atoms with Crippen molar-refractivity contribution in [1.82, 2.24) is 25.2 Å². The number of carbonyl (C=O) groups is 2. The normalized spacial score (nSPS) is 10.3. The second-order valence-electron chi connectivity index (χ2n) is 4.28. The summed E-state index contributed by atoms with van der Waals surface area (Å²) in [5.74, 6) is 0.615. The van der Waals surface area contributed by atoms with Crippen LogP contribution in [0.15, 0.2) is 10.6 Å². The van der Waals surface area contributed by atoms with E-state index in [0.717, 1.165) is 0 Å². The second-order valence-corrected chi connectivity index (χ2v) is 4.28. The van der Waals surface area contributed by atoms with E-state index in [-0.39, 0.29) is 18.3 Å². The second kappa shape index (κ2) is 5.51. The first-order valence-electron chi connectivity index (χ1n) is 5.83. The monoisotopic (exact) mass is 278 g/mol. The van der Waals surface area contributed by atoms with Gasteiger partial charge in [0.1, 0.15) is 18.1 Å². The molecule has 0 aliphatic rings. The molecule has 0 spiro atoms. The molecule has 0 saturated carbocycles. The quantitative estimate of drug-likeness (QED) is 0.820. The SMILES string of the molecule is Cc1nc(C(=O)N(C)CC(=O)Nc2cc(C)on2)n[nH]1. The summed E-state index contributed by atoms with van der Waals surface area (Å²) in [6.07, 6.45) is 0. The highest BCUT2D eigenvalue weighted by Crippen LogP contribution is 2.07. The number of nitrogens with zero attached hydrogens (tertiary/aromatic N) is 4. The number of carbonyl (C=O) groups excluding carboxylic acids is 2. The maximum Gasteiger partial charge on any atom is 0.293 e. The lowest BCUT2D eigenvalue weighted by Crippen LogP contribution is -2.35. The van der Waals surface area contributed by atoms with Crippen molar-refractivity contribution < 1.29 is 14.1 Å². The van der Waals surface area contributed by atoms with Gasteiger partial charge in [-0.15, -0.1) is 5.10 Å². The van der Waals surface area contributed by atoms with Crippen LogP contribution in [-0.4, -0.2) is 50.6 Å². The summed E-state index contributed by atoms with van der Waals surface area (Å²) >= 11 is 0. The molecule has 106 valence electrons. The summed E-state index contributed by atoms with van der Waals surface area (Å²) in [6, 6.07) is 1.58. The maximum atomic E-state index is 11.9. The summed E-state index contributed by atoms with van der Waals surface area (Å²) in [5, 5.41) is 12.5. The van der Waals surface area contributed by atoms with E-state index in [9.17, 15) is 9.59 Å². The van der Waals surface area contributed by atoms with Gasteiger partial charge in [-0.05, 0) is 13.8 Å². The van der Waals surface area contributed by atoms with Gasteiger partial charge in [-0.3, -0.25) is 14.7 Å². The molecule has 2 N–H and O–H groups in total. The van der Waals surface area contributed by atoms with E-state index in [1.165, 1.54) is 11.9 Å². The smallest absolute Gasteiger partial charge is 0.293 e. The molecule has 0 bridgehead atoms. The van der Waals surface area contributed by atoms with Gasteiger partial charge < -0.3 is 14.7 Å². The van der Waals surface area contributed by atoms with Crippen molar-refractivity contribution in [2.45, 2.75) is 13.8 Å². The van der Waals surface area contributed by atoms with Crippen molar-refractivity contribution in [3.8, 4) is 0 Å². The Balaban J connectivity index is 1.92. The third-order valence-corrected chi connectivity index (χ3v) is 2.41. The number of amides is 2. The van der Waals surface area contributed by atoms with E-state index in [4.69, 9.17) is 4.52 Å². The van der Waals surface area contributed by atoms with Gasteiger partial charge in [0.15, 0.2) is 5.82 Å². The first-order valence-corrected chi connectivity index (χ1v) is 5.83. The van der Waals surface area contributed by atoms with Gasteiger partial charge in [0.05, 0.1) is 0 Å². The Labute approximate surface area is 114 Å². The molecule has 20 heavy (non-hydrogen) atoms. The molecule has 0 atom stereocenters. The Hall–Kier alpha value is -2.71. The number of likely N-dealkylation sites (N-methyl/N-ethyl adjacent to an activating group) is 1. The molecular weight excluding hydrogens is 264 g/mol. The molecule has 9 heteroatoms. The summed E-state index contributed by atoms with van der Waals surface area (Å²) in [6.45, 7) is 3.26. The van der Waals surface area contributed by atoms with Crippen molar-refractivity contribution in [3.63, 3.8) is 0 Å². The lowest BCUT2D eigenvalue weighted by atomic mass is 10.4. The zero-order chi connectivity index (χ0) is 14.7. The van der Waals surface area contributed by atoms with E-state index in [2.05, 4.69) is 25.7 Å². The first-order chi connectivity index (χ1) is 9.45. The molecule has 2 aromatic heterocycles.